The molecule has 1 fully saturated rings. The van der Waals surface area contributed by atoms with Crippen LogP contribution in [0.25, 0.3) is 0 Å². The molecular formula is C16H24BrNO. The summed E-state index contributed by atoms with van der Waals surface area (Å²) in [5.74, 6) is 0. The van der Waals surface area contributed by atoms with Gasteiger partial charge in [-0.1, -0.05) is 48.8 Å². The zero-order valence-electron chi connectivity index (χ0n) is 12.1. The number of halogens is 1. The maximum absolute atomic E-state index is 6.13. The number of benzene rings is 1. The summed E-state index contributed by atoms with van der Waals surface area (Å²) in [6.07, 6.45) is 2.68. The molecule has 106 valence electrons. The Hall–Kier alpha value is -0.380. The van der Waals surface area contributed by atoms with Gasteiger partial charge in [0.1, 0.15) is 0 Å². The molecule has 0 saturated heterocycles. The highest BCUT2D eigenvalue weighted by Gasteiger charge is 2.50. The van der Waals surface area contributed by atoms with E-state index in [2.05, 4.69) is 66.3 Å². The number of rotatable bonds is 6. The Morgan fingerprint density at radius 1 is 1.32 bits per heavy atom. The van der Waals surface area contributed by atoms with Crippen LogP contribution in [0.3, 0.4) is 0 Å². The Bertz CT molecular complexity index is 406. The molecule has 1 aromatic carbocycles. The quantitative estimate of drug-likeness (QED) is 0.849. The van der Waals surface area contributed by atoms with Gasteiger partial charge in [0.2, 0.25) is 0 Å². The summed E-state index contributed by atoms with van der Waals surface area (Å²) in [4.78, 5) is 0. The van der Waals surface area contributed by atoms with E-state index >= 15 is 0 Å². The summed E-state index contributed by atoms with van der Waals surface area (Å²) in [5, 5.41) is 3.57. The third kappa shape index (κ3) is 3.21. The summed E-state index contributed by atoms with van der Waals surface area (Å²) in [7, 11) is 0. The molecular weight excluding hydrogens is 302 g/mol. The zero-order valence-corrected chi connectivity index (χ0v) is 13.7. The van der Waals surface area contributed by atoms with Gasteiger partial charge in [-0.25, -0.2) is 0 Å². The van der Waals surface area contributed by atoms with Crippen molar-refractivity contribution in [2.24, 2.45) is 5.41 Å². The van der Waals surface area contributed by atoms with Gasteiger partial charge < -0.3 is 10.1 Å². The molecule has 1 N–H and O–H groups in total. The van der Waals surface area contributed by atoms with Crippen LogP contribution in [0.5, 0.6) is 0 Å². The number of hydrogen-bond donors (Lipinski definition) is 1. The van der Waals surface area contributed by atoms with E-state index in [1.807, 2.05) is 0 Å². The first-order valence-corrected chi connectivity index (χ1v) is 7.99. The molecule has 0 aliphatic heterocycles. The Labute approximate surface area is 125 Å². The van der Waals surface area contributed by atoms with Crippen LogP contribution in [-0.4, -0.2) is 18.7 Å². The van der Waals surface area contributed by atoms with Crippen molar-refractivity contribution < 1.29 is 4.74 Å². The lowest BCUT2D eigenvalue weighted by Gasteiger charge is -2.53. The van der Waals surface area contributed by atoms with Crippen LogP contribution in [-0.2, 0) is 11.3 Å². The molecule has 1 saturated carbocycles. The average Bonchev–Trinajstić information content (AvgIpc) is 2.43. The minimum Gasteiger partial charge on any atom is -0.373 e. The Balaban J connectivity index is 1.88. The van der Waals surface area contributed by atoms with Crippen LogP contribution >= 0.6 is 15.9 Å². The molecule has 0 amide bonds. The van der Waals surface area contributed by atoms with E-state index in [0.29, 0.717) is 18.8 Å². The van der Waals surface area contributed by atoms with Crippen molar-refractivity contribution in [1.82, 2.24) is 5.32 Å². The molecule has 1 aliphatic rings. The van der Waals surface area contributed by atoms with Crippen LogP contribution < -0.4 is 5.32 Å². The Morgan fingerprint density at radius 3 is 2.58 bits per heavy atom. The minimum atomic E-state index is 0.283. The number of ether oxygens (including phenoxy) is 1. The first kappa shape index (κ1) is 15.0. The molecule has 2 nitrogen and oxygen atoms in total. The van der Waals surface area contributed by atoms with Crippen molar-refractivity contribution in [3.8, 4) is 0 Å². The van der Waals surface area contributed by atoms with Crippen molar-refractivity contribution in [3.63, 3.8) is 0 Å². The molecule has 19 heavy (non-hydrogen) atoms. The fourth-order valence-corrected chi connectivity index (χ4v) is 3.15. The molecule has 3 heteroatoms. The fraction of sp³-hybridized carbons (Fsp3) is 0.625. The highest BCUT2D eigenvalue weighted by atomic mass is 79.9. The van der Waals surface area contributed by atoms with Gasteiger partial charge in [-0.3, -0.25) is 0 Å². The van der Waals surface area contributed by atoms with Gasteiger partial charge >= 0.3 is 0 Å². The minimum absolute atomic E-state index is 0.283. The smallest absolute Gasteiger partial charge is 0.0720 e. The van der Waals surface area contributed by atoms with Gasteiger partial charge in [0.15, 0.2) is 0 Å². The van der Waals surface area contributed by atoms with E-state index in [1.165, 1.54) is 5.56 Å². The van der Waals surface area contributed by atoms with Crippen LogP contribution in [0.4, 0.5) is 0 Å². The first-order valence-electron chi connectivity index (χ1n) is 7.19. The van der Waals surface area contributed by atoms with Gasteiger partial charge in [-0.15, -0.1) is 0 Å². The molecule has 0 heterocycles. The normalized spacial score (nSPS) is 30.1. The van der Waals surface area contributed by atoms with Crippen LogP contribution in [0.2, 0.25) is 0 Å². The molecule has 0 bridgehead atoms. The van der Waals surface area contributed by atoms with E-state index in [1.54, 1.807) is 0 Å². The summed E-state index contributed by atoms with van der Waals surface area (Å²) in [5.41, 5.74) is 1.53. The topological polar surface area (TPSA) is 21.3 Å². The highest BCUT2D eigenvalue weighted by molar-refractivity contribution is 9.10. The molecule has 3 unspecified atom stereocenters. The van der Waals surface area contributed by atoms with E-state index < -0.39 is 0 Å². The second-order valence-electron chi connectivity index (χ2n) is 5.63. The number of hydrogen-bond acceptors (Lipinski definition) is 2. The van der Waals surface area contributed by atoms with Crippen LogP contribution in [0, 0.1) is 5.41 Å². The van der Waals surface area contributed by atoms with Gasteiger partial charge in [0.25, 0.3) is 0 Å². The van der Waals surface area contributed by atoms with Crippen LogP contribution in [0.15, 0.2) is 28.7 Å². The van der Waals surface area contributed by atoms with Gasteiger partial charge in [0.05, 0.1) is 12.7 Å². The maximum atomic E-state index is 6.13. The van der Waals surface area contributed by atoms with Crippen molar-refractivity contribution in [3.05, 3.63) is 34.3 Å². The Kier molecular flexibility index (Phi) is 5.04. The van der Waals surface area contributed by atoms with Gasteiger partial charge in [0, 0.05) is 15.9 Å². The lowest BCUT2D eigenvalue weighted by atomic mass is 9.61. The zero-order chi connectivity index (χ0) is 13.9. The SMILES string of the molecule is CCNC1CC(OCc2ccc(Br)cc2)C1(C)CC. The predicted molar refractivity (Wildman–Crippen MR) is 83.2 cm³/mol. The molecule has 0 aromatic heterocycles. The molecule has 1 aliphatic carbocycles. The molecule has 0 radical (unpaired) electrons. The standard InChI is InChI=1S/C16H24BrNO/c1-4-16(3)14(18-5-2)10-15(16)19-11-12-6-8-13(17)9-7-12/h6-9,14-15,18H,4-5,10-11H2,1-3H3. The first-order chi connectivity index (χ1) is 9.10. The monoisotopic (exact) mass is 325 g/mol. The van der Waals surface area contributed by atoms with E-state index in [9.17, 15) is 0 Å². The second kappa shape index (κ2) is 6.38. The Morgan fingerprint density at radius 2 is 2.00 bits per heavy atom. The third-order valence-electron chi connectivity index (χ3n) is 4.56. The lowest BCUT2D eigenvalue weighted by Crippen LogP contribution is -2.62. The molecule has 1 aromatic rings. The van der Waals surface area contributed by atoms with Crippen molar-refractivity contribution in [2.45, 2.75) is 52.4 Å². The van der Waals surface area contributed by atoms with Crippen molar-refractivity contribution in [1.29, 1.82) is 0 Å². The summed E-state index contributed by atoms with van der Waals surface area (Å²) < 4.78 is 7.25. The van der Waals surface area contributed by atoms with Gasteiger partial charge in [-0.2, -0.15) is 0 Å². The number of nitrogens with one attached hydrogen (secondary N) is 1. The molecule has 0 spiro atoms. The summed E-state index contributed by atoms with van der Waals surface area (Å²) in [6.45, 7) is 8.54. The van der Waals surface area contributed by atoms with E-state index in [4.69, 9.17) is 4.74 Å². The largest absolute Gasteiger partial charge is 0.373 e. The van der Waals surface area contributed by atoms with Crippen molar-refractivity contribution >= 4 is 15.9 Å². The molecule has 3 atom stereocenters. The van der Waals surface area contributed by atoms with E-state index in [0.717, 1.165) is 23.9 Å². The average molecular weight is 326 g/mol. The van der Waals surface area contributed by atoms with Gasteiger partial charge in [-0.05, 0) is 37.1 Å². The maximum Gasteiger partial charge on any atom is 0.0720 e. The predicted octanol–water partition coefficient (Wildman–Crippen LogP) is 4.13. The van der Waals surface area contributed by atoms with E-state index in [-0.39, 0.29) is 5.41 Å². The summed E-state index contributed by atoms with van der Waals surface area (Å²) >= 11 is 3.46. The fourth-order valence-electron chi connectivity index (χ4n) is 2.89. The highest BCUT2D eigenvalue weighted by Crippen LogP contribution is 2.46. The lowest BCUT2D eigenvalue weighted by molar-refractivity contribution is -0.135. The third-order valence-corrected chi connectivity index (χ3v) is 5.09. The van der Waals surface area contributed by atoms with Crippen LogP contribution in [0.1, 0.15) is 39.2 Å². The van der Waals surface area contributed by atoms with Crippen molar-refractivity contribution in [2.75, 3.05) is 6.54 Å². The molecule has 2 rings (SSSR count). The second-order valence-corrected chi connectivity index (χ2v) is 6.55. The summed E-state index contributed by atoms with van der Waals surface area (Å²) in [6, 6.07) is 8.99.